The van der Waals surface area contributed by atoms with Gasteiger partial charge in [-0.05, 0) is 65.9 Å². The standard InChI is InChI=1S/C15H14BrFN2/c16-13-14(9-1-5-11(17)6-2-9)18-19-12-7-3-10(4-8-12)15(13)19/h1-2,5-6,10,12H,3-4,7-8H2. The molecule has 3 heterocycles. The maximum Gasteiger partial charge on any atom is 0.123 e. The molecule has 1 aromatic heterocycles. The first kappa shape index (κ1) is 11.6. The van der Waals surface area contributed by atoms with Gasteiger partial charge in [0.1, 0.15) is 11.5 Å². The van der Waals surface area contributed by atoms with Gasteiger partial charge in [0, 0.05) is 11.5 Å². The number of fused-ring (bicyclic) bond motifs is 2. The molecule has 0 spiro atoms. The Hall–Kier alpha value is -1.16. The lowest BCUT2D eigenvalue weighted by atomic mass is 9.80. The molecule has 2 aromatic rings. The predicted octanol–water partition coefficient (Wildman–Crippen LogP) is 4.66. The van der Waals surface area contributed by atoms with Crippen molar-refractivity contribution in [1.29, 1.82) is 0 Å². The normalized spacial score (nSPS) is 24.5. The summed E-state index contributed by atoms with van der Waals surface area (Å²) >= 11 is 3.72. The van der Waals surface area contributed by atoms with Crippen molar-refractivity contribution >= 4 is 15.9 Å². The average molecular weight is 321 g/mol. The molecule has 3 aliphatic rings. The van der Waals surface area contributed by atoms with Gasteiger partial charge in [-0.15, -0.1) is 0 Å². The van der Waals surface area contributed by atoms with Gasteiger partial charge >= 0.3 is 0 Å². The molecule has 2 nitrogen and oxygen atoms in total. The second-order valence-corrected chi connectivity index (χ2v) is 6.30. The van der Waals surface area contributed by atoms with Crippen molar-refractivity contribution in [2.45, 2.75) is 37.6 Å². The third-order valence-corrected chi connectivity index (χ3v) is 5.22. The Balaban J connectivity index is 1.87. The fourth-order valence-corrected chi connectivity index (χ4v) is 4.27. The second-order valence-electron chi connectivity index (χ2n) is 5.50. The van der Waals surface area contributed by atoms with Crippen molar-refractivity contribution in [2.75, 3.05) is 0 Å². The molecular weight excluding hydrogens is 307 g/mol. The number of hydrogen-bond acceptors (Lipinski definition) is 1. The highest BCUT2D eigenvalue weighted by molar-refractivity contribution is 9.10. The van der Waals surface area contributed by atoms with Gasteiger partial charge in [0.25, 0.3) is 0 Å². The maximum atomic E-state index is 13.0. The van der Waals surface area contributed by atoms with Crippen LogP contribution in [0.2, 0.25) is 0 Å². The van der Waals surface area contributed by atoms with Crippen LogP contribution in [0.5, 0.6) is 0 Å². The van der Waals surface area contributed by atoms with Crippen LogP contribution >= 0.6 is 15.9 Å². The molecule has 0 amide bonds. The molecule has 19 heavy (non-hydrogen) atoms. The summed E-state index contributed by atoms with van der Waals surface area (Å²) in [6, 6.07) is 7.15. The molecule has 1 fully saturated rings. The molecule has 1 aromatic carbocycles. The second kappa shape index (κ2) is 4.17. The molecule has 0 atom stereocenters. The van der Waals surface area contributed by atoms with Gasteiger partial charge in [-0.1, -0.05) is 0 Å². The van der Waals surface area contributed by atoms with Gasteiger partial charge in [0.05, 0.1) is 16.2 Å². The number of nitrogens with zero attached hydrogens (tertiary/aromatic N) is 2. The maximum absolute atomic E-state index is 13.0. The highest BCUT2D eigenvalue weighted by atomic mass is 79.9. The Kier molecular flexibility index (Phi) is 2.56. The Morgan fingerprint density at radius 2 is 1.79 bits per heavy atom. The van der Waals surface area contributed by atoms with E-state index in [1.165, 1.54) is 43.5 Å². The Bertz CT molecular complexity index is 624. The topological polar surface area (TPSA) is 17.8 Å². The van der Waals surface area contributed by atoms with Crippen LogP contribution in [0.4, 0.5) is 4.39 Å². The monoisotopic (exact) mass is 320 g/mol. The average Bonchev–Trinajstić information content (AvgIpc) is 2.81. The van der Waals surface area contributed by atoms with Crippen molar-refractivity contribution in [1.82, 2.24) is 9.78 Å². The van der Waals surface area contributed by atoms with E-state index in [-0.39, 0.29) is 5.82 Å². The minimum Gasteiger partial charge on any atom is -0.264 e. The first-order chi connectivity index (χ1) is 9.24. The molecule has 0 saturated heterocycles. The zero-order valence-electron chi connectivity index (χ0n) is 10.4. The van der Waals surface area contributed by atoms with Crippen molar-refractivity contribution in [2.24, 2.45) is 0 Å². The summed E-state index contributed by atoms with van der Waals surface area (Å²) in [4.78, 5) is 0. The van der Waals surface area contributed by atoms with Crippen molar-refractivity contribution in [3.63, 3.8) is 0 Å². The van der Waals surface area contributed by atoms with E-state index >= 15 is 0 Å². The van der Waals surface area contributed by atoms with E-state index in [2.05, 4.69) is 20.6 Å². The molecule has 1 aliphatic carbocycles. The van der Waals surface area contributed by atoms with E-state index in [4.69, 9.17) is 5.10 Å². The van der Waals surface area contributed by atoms with Crippen LogP contribution in [-0.4, -0.2) is 9.78 Å². The highest BCUT2D eigenvalue weighted by Gasteiger charge is 2.36. The van der Waals surface area contributed by atoms with Crippen LogP contribution in [0.25, 0.3) is 11.3 Å². The third-order valence-electron chi connectivity index (χ3n) is 4.43. The van der Waals surface area contributed by atoms with Crippen molar-refractivity contribution in [3.8, 4) is 11.3 Å². The smallest absolute Gasteiger partial charge is 0.123 e. The van der Waals surface area contributed by atoms with Crippen LogP contribution in [-0.2, 0) is 0 Å². The summed E-state index contributed by atoms with van der Waals surface area (Å²) in [5.74, 6) is 0.435. The number of rotatable bonds is 1. The lowest BCUT2D eigenvalue weighted by Crippen LogP contribution is -2.28. The summed E-state index contributed by atoms with van der Waals surface area (Å²) in [5.41, 5.74) is 3.28. The van der Waals surface area contributed by atoms with Gasteiger partial charge in [-0.2, -0.15) is 5.10 Å². The van der Waals surface area contributed by atoms with E-state index in [0.29, 0.717) is 12.0 Å². The van der Waals surface area contributed by atoms with E-state index in [0.717, 1.165) is 15.7 Å². The number of aromatic nitrogens is 2. The Morgan fingerprint density at radius 3 is 2.42 bits per heavy atom. The molecule has 4 heteroatoms. The molecule has 0 radical (unpaired) electrons. The van der Waals surface area contributed by atoms with Crippen LogP contribution in [0.1, 0.15) is 43.3 Å². The van der Waals surface area contributed by atoms with E-state index in [1.54, 1.807) is 12.1 Å². The number of benzene rings is 1. The molecular formula is C15H14BrFN2. The molecule has 5 rings (SSSR count). The Labute approximate surface area is 119 Å². The zero-order valence-corrected chi connectivity index (χ0v) is 12.0. The Morgan fingerprint density at radius 1 is 1.11 bits per heavy atom. The third kappa shape index (κ3) is 1.69. The molecule has 2 aliphatic heterocycles. The van der Waals surface area contributed by atoms with Crippen molar-refractivity contribution in [3.05, 3.63) is 40.2 Å². The van der Waals surface area contributed by atoms with Crippen LogP contribution < -0.4 is 0 Å². The fraction of sp³-hybridized carbons (Fsp3) is 0.400. The summed E-state index contributed by atoms with van der Waals surface area (Å²) in [6.07, 6.45) is 5.04. The summed E-state index contributed by atoms with van der Waals surface area (Å²) in [5, 5.41) is 4.78. The van der Waals surface area contributed by atoms with E-state index in [1.807, 2.05) is 0 Å². The van der Waals surface area contributed by atoms with Crippen LogP contribution in [0.3, 0.4) is 0 Å². The summed E-state index contributed by atoms with van der Waals surface area (Å²) in [6.45, 7) is 0. The van der Waals surface area contributed by atoms with Crippen LogP contribution in [0.15, 0.2) is 28.7 Å². The lowest BCUT2D eigenvalue weighted by molar-refractivity contribution is 0.239. The number of halogens is 2. The van der Waals surface area contributed by atoms with Gasteiger partial charge in [0.2, 0.25) is 0 Å². The van der Waals surface area contributed by atoms with Crippen LogP contribution in [0, 0.1) is 5.82 Å². The fourth-order valence-electron chi connectivity index (χ4n) is 3.46. The van der Waals surface area contributed by atoms with Crippen molar-refractivity contribution < 1.29 is 4.39 Å². The lowest BCUT2D eigenvalue weighted by Gasteiger charge is -2.37. The number of hydrogen-bond donors (Lipinski definition) is 0. The quantitative estimate of drug-likeness (QED) is 0.747. The predicted molar refractivity (Wildman–Crippen MR) is 75.6 cm³/mol. The summed E-state index contributed by atoms with van der Waals surface area (Å²) < 4.78 is 16.3. The molecule has 98 valence electrons. The van der Waals surface area contributed by atoms with E-state index < -0.39 is 0 Å². The van der Waals surface area contributed by atoms with Gasteiger partial charge in [0.15, 0.2) is 0 Å². The van der Waals surface area contributed by atoms with Gasteiger partial charge in [-0.3, -0.25) is 4.68 Å². The minimum atomic E-state index is -0.205. The largest absolute Gasteiger partial charge is 0.264 e. The first-order valence-electron chi connectivity index (χ1n) is 6.78. The minimum absolute atomic E-state index is 0.205. The molecule has 2 bridgehead atoms. The molecule has 0 N–H and O–H groups in total. The van der Waals surface area contributed by atoms with Gasteiger partial charge in [-0.25, -0.2) is 4.39 Å². The molecule has 0 unspecified atom stereocenters. The first-order valence-corrected chi connectivity index (χ1v) is 7.57. The summed E-state index contributed by atoms with van der Waals surface area (Å²) in [7, 11) is 0. The SMILES string of the molecule is Fc1ccc(-c2nn3c(c2Br)C2CCC3CC2)cc1. The van der Waals surface area contributed by atoms with E-state index in [9.17, 15) is 4.39 Å². The molecule has 1 saturated carbocycles. The zero-order chi connectivity index (χ0) is 13.0. The highest BCUT2D eigenvalue weighted by Crippen LogP contribution is 2.49. The van der Waals surface area contributed by atoms with Gasteiger partial charge < -0.3 is 0 Å².